The predicted octanol–water partition coefficient (Wildman–Crippen LogP) is 0.715. The topological polar surface area (TPSA) is 94.7 Å². The van der Waals surface area contributed by atoms with E-state index in [1.165, 1.54) is 34.2 Å². The summed E-state index contributed by atoms with van der Waals surface area (Å²) in [5.41, 5.74) is -0.248. The number of rotatable bonds is 6. The zero-order chi connectivity index (χ0) is 16.8. The number of nitrogens with one attached hydrogen (secondary N) is 1. The average Bonchev–Trinajstić information content (AvgIpc) is 3.28. The molecule has 0 aliphatic rings. The molecule has 0 aliphatic carbocycles. The van der Waals surface area contributed by atoms with Crippen LogP contribution in [0.4, 0.5) is 0 Å². The van der Waals surface area contributed by atoms with E-state index in [0.29, 0.717) is 12.4 Å². The van der Waals surface area contributed by atoms with E-state index in [0.717, 1.165) is 4.88 Å². The highest BCUT2D eigenvalue weighted by Crippen LogP contribution is 2.09. The molecule has 0 atom stereocenters. The maximum Gasteiger partial charge on any atom is 0.266 e. The van der Waals surface area contributed by atoms with Crippen LogP contribution in [0.3, 0.4) is 0 Å². The van der Waals surface area contributed by atoms with Gasteiger partial charge in [0.1, 0.15) is 12.7 Å². The molecule has 1 amide bonds. The molecule has 0 fully saturated rings. The van der Waals surface area contributed by atoms with Crippen LogP contribution < -0.4 is 10.9 Å². The summed E-state index contributed by atoms with van der Waals surface area (Å²) in [5.74, 6) is 0.264. The Morgan fingerprint density at radius 1 is 1.33 bits per heavy atom. The molecule has 8 nitrogen and oxygen atoms in total. The largest absolute Gasteiger partial charge is 0.351 e. The summed E-state index contributed by atoms with van der Waals surface area (Å²) in [5, 5.41) is 12.8. The molecule has 3 aromatic heterocycles. The fourth-order valence-corrected chi connectivity index (χ4v) is 2.55. The molecule has 0 spiro atoms. The zero-order valence-electron chi connectivity index (χ0n) is 12.6. The third-order valence-corrected chi connectivity index (χ3v) is 3.91. The Morgan fingerprint density at radius 2 is 2.25 bits per heavy atom. The van der Waals surface area contributed by atoms with Crippen LogP contribution in [-0.2, 0) is 11.3 Å². The van der Waals surface area contributed by atoms with E-state index >= 15 is 0 Å². The Bertz CT molecular complexity index is 883. The number of amides is 1. The lowest BCUT2D eigenvalue weighted by molar-refractivity contribution is -0.116. The number of carbonyl (C=O) groups is 1. The summed E-state index contributed by atoms with van der Waals surface area (Å²) in [6, 6.07) is 6.81. The van der Waals surface area contributed by atoms with Gasteiger partial charge in [-0.3, -0.25) is 9.59 Å². The minimum absolute atomic E-state index is 0.219. The molecular formula is C15H14N6O2S. The van der Waals surface area contributed by atoms with Gasteiger partial charge in [0.25, 0.3) is 5.56 Å². The summed E-state index contributed by atoms with van der Waals surface area (Å²) >= 11 is 1.55. The first-order valence-electron chi connectivity index (χ1n) is 7.15. The second kappa shape index (κ2) is 7.47. The number of hydrogen-bond donors (Lipinski definition) is 1. The van der Waals surface area contributed by atoms with Crippen molar-refractivity contribution in [1.82, 2.24) is 29.9 Å². The molecule has 3 aromatic rings. The van der Waals surface area contributed by atoms with Gasteiger partial charge in [-0.1, -0.05) is 6.07 Å². The first kappa shape index (κ1) is 15.8. The quantitative estimate of drug-likeness (QED) is 0.666. The Kier molecular flexibility index (Phi) is 4.92. The number of hydrogen-bond acceptors (Lipinski definition) is 6. The van der Waals surface area contributed by atoms with Crippen molar-refractivity contribution < 1.29 is 4.79 Å². The summed E-state index contributed by atoms with van der Waals surface area (Å²) in [4.78, 5) is 28.4. The lowest BCUT2D eigenvalue weighted by Crippen LogP contribution is -2.31. The molecule has 0 unspecified atom stereocenters. The minimum atomic E-state index is -0.248. The van der Waals surface area contributed by atoms with E-state index in [4.69, 9.17) is 0 Å². The normalized spacial score (nSPS) is 11.0. The highest BCUT2D eigenvalue weighted by molar-refractivity contribution is 7.10. The van der Waals surface area contributed by atoms with Gasteiger partial charge in [0.15, 0.2) is 5.82 Å². The van der Waals surface area contributed by atoms with Crippen LogP contribution in [-0.4, -0.2) is 37.0 Å². The number of carbonyl (C=O) groups excluding carboxylic acids is 1. The van der Waals surface area contributed by atoms with Crippen molar-refractivity contribution in [3.63, 3.8) is 0 Å². The molecular weight excluding hydrogens is 328 g/mol. The predicted molar refractivity (Wildman–Crippen MR) is 89.8 cm³/mol. The Labute approximate surface area is 141 Å². The van der Waals surface area contributed by atoms with Crippen molar-refractivity contribution in [2.24, 2.45) is 0 Å². The van der Waals surface area contributed by atoms with Gasteiger partial charge < -0.3 is 5.32 Å². The van der Waals surface area contributed by atoms with Crippen molar-refractivity contribution in [1.29, 1.82) is 0 Å². The molecule has 3 heterocycles. The van der Waals surface area contributed by atoms with Gasteiger partial charge in [-0.2, -0.15) is 5.10 Å². The van der Waals surface area contributed by atoms with Crippen LogP contribution in [0.15, 0.2) is 53.2 Å². The van der Waals surface area contributed by atoms with Crippen LogP contribution in [0.25, 0.3) is 11.9 Å². The SMILES string of the molecule is O=C(/C=C/c1cccs1)NCCn1nc(-n2cncn2)ccc1=O. The molecule has 3 rings (SSSR count). The third-order valence-electron chi connectivity index (χ3n) is 3.07. The molecule has 0 aliphatic heterocycles. The molecule has 0 bridgehead atoms. The highest BCUT2D eigenvalue weighted by Gasteiger charge is 2.04. The summed E-state index contributed by atoms with van der Waals surface area (Å²) in [7, 11) is 0. The van der Waals surface area contributed by atoms with Gasteiger partial charge in [-0.15, -0.1) is 16.4 Å². The van der Waals surface area contributed by atoms with E-state index in [9.17, 15) is 9.59 Å². The van der Waals surface area contributed by atoms with Crippen molar-refractivity contribution in [2.45, 2.75) is 6.54 Å². The molecule has 1 N–H and O–H groups in total. The van der Waals surface area contributed by atoms with Gasteiger partial charge in [-0.05, 0) is 23.6 Å². The maximum absolute atomic E-state index is 11.8. The second-order valence-corrected chi connectivity index (χ2v) is 5.71. The molecule has 9 heteroatoms. The second-order valence-electron chi connectivity index (χ2n) is 4.73. The van der Waals surface area contributed by atoms with E-state index in [1.54, 1.807) is 23.5 Å². The number of thiophene rings is 1. The van der Waals surface area contributed by atoms with Crippen molar-refractivity contribution in [2.75, 3.05) is 6.54 Å². The van der Waals surface area contributed by atoms with Gasteiger partial charge in [0, 0.05) is 23.6 Å². The van der Waals surface area contributed by atoms with E-state index < -0.39 is 0 Å². The van der Waals surface area contributed by atoms with Gasteiger partial charge in [-0.25, -0.2) is 14.3 Å². The Balaban J connectivity index is 1.57. The fourth-order valence-electron chi connectivity index (χ4n) is 1.93. The van der Waals surface area contributed by atoms with Crippen molar-refractivity contribution in [3.8, 4) is 5.82 Å². The molecule has 24 heavy (non-hydrogen) atoms. The molecule has 0 saturated carbocycles. The molecule has 122 valence electrons. The summed E-state index contributed by atoms with van der Waals surface area (Å²) in [6.45, 7) is 0.557. The van der Waals surface area contributed by atoms with Crippen molar-refractivity contribution >= 4 is 23.3 Å². The Morgan fingerprint density at radius 3 is 3.00 bits per heavy atom. The van der Waals surface area contributed by atoms with E-state index in [2.05, 4.69) is 20.5 Å². The maximum atomic E-state index is 11.8. The minimum Gasteiger partial charge on any atom is -0.351 e. The van der Waals surface area contributed by atoms with Crippen LogP contribution in [0.2, 0.25) is 0 Å². The lowest BCUT2D eigenvalue weighted by atomic mass is 10.4. The average molecular weight is 342 g/mol. The van der Waals surface area contributed by atoms with Crippen LogP contribution >= 0.6 is 11.3 Å². The van der Waals surface area contributed by atoms with Gasteiger partial charge in [0.2, 0.25) is 5.91 Å². The van der Waals surface area contributed by atoms with Gasteiger partial charge >= 0.3 is 0 Å². The smallest absolute Gasteiger partial charge is 0.266 e. The van der Waals surface area contributed by atoms with Crippen molar-refractivity contribution in [3.05, 3.63) is 63.6 Å². The van der Waals surface area contributed by atoms with E-state index in [-0.39, 0.29) is 18.0 Å². The van der Waals surface area contributed by atoms with E-state index in [1.807, 2.05) is 17.5 Å². The lowest BCUT2D eigenvalue weighted by Gasteiger charge is -2.07. The number of aromatic nitrogens is 5. The standard InChI is InChI=1S/C15H14N6O2S/c22-14(5-3-12-2-1-9-24-12)17-7-8-20-15(23)6-4-13(19-20)21-11-16-10-18-21/h1-6,9-11H,7-8H2,(H,17,22)/b5-3+. The van der Waals surface area contributed by atoms with Crippen LogP contribution in [0, 0.1) is 0 Å². The first-order valence-corrected chi connectivity index (χ1v) is 8.03. The monoisotopic (exact) mass is 342 g/mol. The van der Waals surface area contributed by atoms with Crippen LogP contribution in [0.1, 0.15) is 4.88 Å². The fraction of sp³-hybridized carbons (Fsp3) is 0.133. The third kappa shape index (κ3) is 4.02. The Hall–Kier alpha value is -3.07. The summed E-state index contributed by atoms with van der Waals surface area (Å²) in [6.07, 6.45) is 6.09. The number of nitrogens with zero attached hydrogens (tertiary/aromatic N) is 5. The van der Waals surface area contributed by atoms with Gasteiger partial charge in [0.05, 0.1) is 6.54 Å². The molecule has 0 saturated heterocycles. The summed E-state index contributed by atoms with van der Waals surface area (Å²) < 4.78 is 2.73. The molecule has 0 radical (unpaired) electrons. The first-order chi connectivity index (χ1) is 11.7. The highest BCUT2D eigenvalue weighted by atomic mass is 32.1. The zero-order valence-corrected chi connectivity index (χ0v) is 13.4. The van der Waals surface area contributed by atoms with Crippen LogP contribution in [0.5, 0.6) is 0 Å². The molecule has 0 aromatic carbocycles.